The molecule has 0 aliphatic carbocycles. The van der Waals surface area contributed by atoms with Gasteiger partial charge in [0.05, 0.1) is 5.69 Å². The molecule has 0 saturated heterocycles. The molecule has 0 saturated carbocycles. The topological polar surface area (TPSA) is 55.4 Å². The Balaban J connectivity index is 1.81. The molecule has 0 fully saturated rings. The van der Waals surface area contributed by atoms with Crippen molar-refractivity contribution in [3.63, 3.8) is 0 Å². The van der Waals surface area contributed by atoms with Gasteiger partial charge in [-0.1, -0.05) is 42.5 Å². The fourth-order valence-corrected chi connectivity index (χ4v) is 2.00. The van der Waals surface area contributed by atoms with E-state index in [9.17, 15) is 14.0 Å². The molecule has 0 heterocycles. The Kier molecular flexibility index (Phi) is 5.86. The van der Waals surface area contributed by atoms with Crippen molar-refractivity contribution in [1.82, 2.24) is 0 Å². The zero-order valence-electron chi connectivity index (χ0n) is 12.8. The number of carbonyl (C=O) groups is 2. The molecular formula is C18H18FNO3. The molecule has 1 N–H and O–H groups in total. The molecule has 1 unspecified atom stereocenters. The van der Waals surface area contributed by atoms with Gasteiger partial charge in [0.15, 0.2) is 6.10 Å². The number of amides is 1. The first-order valence-electron chi connectivity index (χ1n) is 7.35. The minimum absolute atomic E-state index is 0.0599. The number of hydrogen-bond acceptors (Lipinski definition) is 3. The lowest BCUT2D eigenvalue weighted by Crippen LogP contribution is -2.30. The second kappa shape index (κ2) is 8.08. The molecule has 0 aliphatic heterocycles. The van der Waals surface area contributed by atoms with E-state index in [0.717, 1.165) is 5.56 Å². The summed E-state index contributed by atoms with van der Waals surface area (Å²) in [6, 6.07) is 15.3. The summed E-state index contributed by atoms with van der Waals surface area (Å²) in [6.07, 6.45) is -0.263. The molecule has 2 aromatic carbocycles. The number of anilines is 1. The van der Waals surface area contributed by atoms with Crippen molar-refractivity contribution >= 4 is 17.6 Å². The Morgan fingerprint density at radius 1 is 1.09 bits per heavy atom. The number of benzene rings is 2. The number of nitrogens with one attached hydrogen (secondary N) is 1. The van der Waals surface area contributed by atoms with E-state index in [-0.39, 0.29) is 12.1 Å². The molecule has 0 radical (unpaired) electrons. The molecule has 0 aliphatic rings. The Hall–Kier alpha value is -2.69. The predicted molar refractivity (Wildman–Crippen MR) is 85.3 cm³/mol. The second-order valence-corrected chi connectivity index (χ2v) is 5.09. The van der Waals surface area contributed by atoms with Gasteiger partial charge in [-0.15, -0.1) is 0 Å². The lowest BCUT2D eigenvalue weighted by Gasteiger charge is -2.14. The van der Waals surface area contributed by atoms with E-state index in [1.807, 2.05) is 30.3 Å². The highest BCUT2D eigenvalue weighted by molar-refractivity contribution is 5.95. The molecule has 0 bridgehead atoms. The van der Waals surface area contributed by atoms with E-state index in [1.165, 1.54) is 25.1 Å². The zero-order valence-corrected chi connectivity index (χ0v) is 12.8. The van der Waals surface area contributed by atoms with E-state index in [1.54, 1.807) is 6.07 Å². The highest BCUT2D eigenvalue weighted by atomic mass is 19.1. The molecule has 2 aromatic rings. The summed E-state index contributed by atoms with van der Waals surface area (Å²) in [7, 11) is 0. The quantitative estimate of drug-likeness (QED) is 0.832. The second-order valence-electron chi connectivity index (χ2n) is 5.09. The van der Waals surface area contributed by atoms with E-state index in [2.05, 4.69) is 5.32 Å². The number of esters is 1. The molecule has 5 heteroatoms. The lowest BCUT2D eigenvalue weighted by molar-refractivity contribution is -0.153. The SMILES string of the molecule is CC(OC(=O)CCc1ccccc1)C(=O)Nc1ccccc1F. The van der Waals surface area contributed by atoms with Crippen LogP contribution in [-0.2, 0) is 20.7 Å². The number of ether oxygens (including phenoxy) is 1. The molecule has 23 heavy (non-hydrogen) atoms. The average Bonchev–Trinajstić information content (AvgIpc) is 2.56. The zero-order chi connectivity index (χ0) is 16.7. The third-order valence-corrected chi connectivity index (χ3v) is 3.27. The highest BCUT2D eigenvalue weighted by Gasteiger charge is 2.18. The average molecular weight is 315 g/mol. The fourth-order valence-electron chi connectivity index (χ4n) is 2.00. The summed E-state index contributed by atoms with van der Waals surface area (Å²) in [5.74, 6) is -1.57. The van der Waals surface area contributed by atoms with Crippen molar-refractivity contribution in [3.05, 3.63) is 66.0 Å². The van der Waals surface area contributed by atoms with Crippen LogP contribution < -0.4 is 5.32 Å². The number of para-hydroxylation sites is 1. The van der Waals surface area contributed by atoms with Crippen LogP contribution in [-0.4, -0.2) is 18.0 Å². The van der Waals surface area contributed by atoms with E-state index < -0.39 is 23.8 Å². The van der Waals surface area contributed by atoms with Crippen molar-refractivity contribution in [1.29, 1.82) is 0 Å². The summed E-state index contributed by atoms with van der Waals surface area (Å²) < 4.78 is 18.5. The van der Waals surface area contributed by atoms with Crippen LogP contribution in [0.5, 0.6) is 0 Å². The van der Waals surface area contributed by atoms with E-state index >= 15 is 0 Å². The van der Waals surface area contributed by atoms with Crippen molar-refractivity contribution in [3.8, 4) is 0 Å². The maximum atomic E-state index is 13.5. The molecule has 2 rings (SSSR count). The van der Waals surface area contributed by atoms with Gasteiger partial charge in [-0.3, -0.25) is 9.59 Å². The first-order valence-corrected chi connectivity index (χ1v) is 7.35. The van der Waals surface area contributed by atoms with Crippen LogP contribution in [0.3, 0.4) is 0 Å². The van der Waals surface area contributed by atoms with Gasteiger partial charge in [-0.2, -0.15) is 0 Å². The summed E-state index contributed by atoms with van der Waals surface area (Å²) in [6.45, 7) is 1.45. The van der Waals surface area contributed by atoms with Gasteiger partial charge in [0.25, 0.3) is 5.91 Å². The first-order chi connectivity index (χ1) is 11.1. The van der Waals surface area contributed by atoms with Gasteiger partial charge >= 0.3 is 5.97 Å². The maximum absolute atomic E-state index is 13.5. The maximum Gasteiger partial charge on any atom is 0.306 e. The molecule has 1 amide bonds. The van der Waals surface area contributed by atoms with Gasteiger partial charge in [0.2, 0.25) is 0 Å². The third kappa shape index (κ3) is 5.21. The monoisotopic (exact) mass is 315 g/mol. The van der Waals surface area contributed by atoms with Crippen LogP contribution in [0.25, 0.3) is 0 Å². The minimum atomic E-state index is -0.988. The fraction of sp³-hybridized carbons (Fsp3) is 0.222. The smallest absolute Gasteiger partial charge is 0.306 e. The highest BCUT2D eigenvalue weighted by Crippen LogP contribution is 2.13. The van der Waals surface area contributed by atoms with Gasteiger partial charge in [-0.05, 0) is 31.0 Å². The standard InChI is InChI=1S/C18H18FNO3/c1-13(18(22)20-16-10-6-5-9-15(16)19)23-17(21)12-11-14-7-3-2-4-8-14/h2-10,13H,11-12H2,1H3,(H,20,22). The molecular weight excluding hydrogens is 297 g/mol. The summed E-state index contributed by atoms with van der Waals surface area (Å²) in [4.78, 5) is 23.7. The van der Waals surface area contributed by atoms with Crippen LogP contribution in [0, 0.1) is 5.82 Å². The van der Waals surface area contributed by atoms with Crippen molar-refractivity contribution < 1.29 is 18.7 Å². The third-order valence-electron chi connectivity index (χ3n) is 3.27. The number of halogens is 1. The van der Waals surface area contributed by atoms with E-state index in [4.69, 9.17) is 4.74 Å². The molecule has 120 valence electrons. The van der Waals surface area contributed by atoms with Gasteiger partial charge in [0.1, 0.15) is 5.82 Å². The molecule has 0 spiro atoms. The first kappa shape index (κ1) is 16.7. The summed E-state index contributed by atoms with van der Waals surface area (Å²) >= 11 is 0. The van der Waals surface area contributed by atoms with Crippen molar-refractivity contribution in [2.24, 2.45) is 0 Å². The van der Waals surface area contributed by atoms with Crippen molar-refractivity contribution in [2.45, 2.75) is 25.9 Å². The van der Waals surface area contributed by atoms with Gasteiger partial charge in [-0.25, -0.2) is 4.39 Å². The van der Waals surface area contributed by atoms with Gasteiger partial charge in [0, 0.05) is 6.42 Å². The normalized spacial score (nSPS) is 11.6. The van der Waals surface area contributed by atoms with Crippen molar-refractivity contribution in [2.75, 3.05) is 5.32 Å². The summed E-state index contributed by atoms with van der Waals surface area (Å²) in [5, 5.41) is 2.40. The van der Waals surface area contributed by atoms with Crippen LogP contribution >= 0.6 is 0 Å². The minimum Gasteiger partial charge on any atom is -0.453 e. The molecule has 4 nitrogen and oxygen atoms in total. The van der Waals surface area contributed by atoms with Crippen LogP contribution in [0.4, 0.5) is 10.1 Å². The van der Waals surface area contributed by atoms with Crippen LogP contribution in [0.2, 0.25) is 0 Å². The lowest BCUT2D eigenvalue weighted by atomic mass is 10.1. The van der Waals surface area contributed by atoms with Crippen LogP contribution in [0.1, 0.15) is 18.9 Å². The predicted octanol–water partition coefficient (Wildman–Crippen LogP) is 3.33. The number of aryl methyl sites for hydroxylation is 1. The number of carbonyl (C=O) groups excluding carboxylic acids is 2. The Bertz CT molecular complexity index is 673. The van der Waals surface area contributed by atoms with Crippen LogP contribution in [0.15, 0.2) is 54.6 Å². The Labute approximate surface area is 134 Å². The Morgan fingerprint density at radius 2 is 1.74 bits per heavy atom. The summed E-state index contributed by atoms with van der Waals surface area (Å²) in [5.41, 5.74) is 1.08. The molecule has 0 aromatic heterocycles. The Morgan fingerprint density at radius 3 is 2.43 bits per heavy atom. The largest absolute Gasteiger partial charge is 0.453 e. The van der Waals surface area contributed by atoms with Gasteiger partial charge < -0.3 is 10.1 Å². The number of rotatable bonds is 6. The number of hydrogen-bond donors (Lipinski definition) is 1. The molecule has 1 atom stereocenters. The van der Waals surface area contributed by atoms with E-state index in [0.29, 0.717) is 6.42 Å².